The predicted octanol–water partition coefficient (Wildman–Crippen LogP) is 2.05. The summed E-state index contributed by atoms with van der Waals surface area (Å²) in [5, 5.41) is 12.4. The predicted molar refractivity (Wildman–Crippen MR) is 83.0 cm³/mol. The molecule has 1 atom stereocenters. The molecule has 3 rings (SSSR count). The third-order valence-electron chi connectivity index (χ3n) is 4.16. The van der Waals surface area contributed by atoms with Crippen LogP contribution < -0.4 is 0 Å². The molecule has 0 aliphatic carbocycles. The van der Waals surface area contributed by atoms with Crippen molar-refractivity contribution in [2.75, 3.05) is 6.54 Å². The first-order valence-electron chi connectivity index (χ1n) is 7.78. The molecule has 0 radical (unpaired) electrons. The van der Waals surface area contributed by atoms with Crippen LogP contribution in [0.25, 0.3) is 11.4 Å². The summed E-state index contributed by atoms with van der Waals surface area (Å²) in [6.45, 7) is 5.12. The number of piperidine rings is 1. The molecule has 0 spiro atoms. The lowest BCUT2D eigenvalue weighted by molar-refractivity contribution is -0.135. The van der Waals surface area contributed by atoms with Gasteiger partial charge in [-0.1, -0.05) is 29.8 Å². The minimum absolute atomic E-state index is 0.0695. The summed E-state index contributed by atoms with van der Waals surface area (Å²) in [7, 11) is 0. The van der Waals surface area contributed by atoms with Gasteiger partial charge in [-0.25, -0.2) is 0 Å². The summed E-state index contributed by atoms with van der Waals surface area (Å²) in [5.74, 6) is 0.625. The van der Waals surface area contributed by atoms with E-state index in [-0.39, 0.29) is 12.5 Å². The van der Waals surface area contributed by atoms with Gasteiger partial charge in [-0.05, 0) is 38.3 Å². The van der Waals surface area contributed by atoms with E-state index in [2.05, 4.69) is 22.3 Å². The number of aryl methyl sites for hydroxylation is 1. The largest absolute Gasteiger partial charge is 0.338 e. The second kappa shape index (κ2) is 6.25. The molecule has 1 aromatic carbocycles. The number of rotatable bonds is 3. The van der Waals surface area contributed by atoms with Gasteiger partial charge in [0.05, 0.1) is 0 Å². The number of likely N-dealkylation sites (tertiary alicyclic amines) is 1. The summed E-state index contributed by atoms with van der Waals surface area (Å²) in [5.41, 5.74) is 2.10. The summed E-state index contributed by atoms with van der Waals surface area (Å²) >= 11 is 0. The van der Waals surface area contributed by atoms with Crippen LogP contribution in [0, 0.1) is 6.92 Å². The van der Waals surface area contributed by atoms with Gasteiger partial charge >= 0.3 is 0 Å². The highest BCUT2D eigenvalue weighted by atomic mass is 16.2. The zero-order valence-electron chi connectivity index (χ0n) is 13.1. The number of aromatic nitrogens is 4. The van der Waals surface area contributed by atoms with Crippen molar-refractivity contribution in [2.24, 2.45) is 0 Å². The van der Waals surface area contributed by atoms with Gasteiger partial charge in [0.2, 0.25) is 11.7 Å². The molecule has 1 aliphatic heterocycles. The number of tetrazole rings is 1. The zero-order valence-corrected chi connectivity index (χ0v) is 13.1. The van der Waals surface area contributed by atoms with E-state index in [1.165, 1.54) is 16.8 Å². The monoisotopic (exact) mass is 299 g/mol. The van der Waals surface area contributed by atoms with Gasteiger partial charge in [0.15, 0.2) is 0 Å². The third-order valence-corrected chi connectivity index (χ3v) is 4.16. The molecule has 1 unspecified atom stereocenters. The average molecular weight is 299 g/mol. The van der Waals surface area contributed by atoms with E-state index >= 15 is 0 Å². The van der Waals surface area contributed by atoms with E-state index in [1.807, 2.05) is 36.1 Å². The summed E-state index contributed by atoms with van der Waals surface area (Å²) in [4.78, 5) is 15.7. The van der Waals surface area contributed by atoms with Crippen LogP contribution in [0.15, 0.2) is 24.3 Å². The maximum atomic E-state index is 12.4. The molecule has 0 saturated carbocycles. The fourth-order valence-corrected chi connectivity index (χ4v) is 2.81. The van der Waals surface area contributed by atoms with Crippen LogP contribution in [-0.2, 0) is 11.3 Å². The molecule has 6 heteroatoms. The maximum absolute atomic E-state index is 12.4. The molecule has 0 N–H and O–H groups in total. The van der Waals surface area contributed by atoms with E-state index in [0.29, 0.717) is 11.9 Å². The number of amides is 1. The zero-order chi connectivity index (χ0) is 15.5. The topological polar surface area (TPSA) is 63.9 Å². The number of carbonyl (C=O) groups is 1. The second-order valence-electron chi connectivity index (χ2n) is 5.94. The van der Waals surface area contributed by atoms with Crippen LogP contribution in [-0.4, -0.2) is 43.6 Å². The first kappa shape index (κ1) is 14.7. The van der Waals surface area contributed by atoms with Crippen molar-refractivity contribution in [2.45, 2.75) is 45.7 Å². The van der Waals surface area contributed by atoms with Gasteiger partial charge in [-0.15, -0.1) is 10.2 Å². The molecule has 2 heterocycles. The quantitative estimate of drug-likeness (QED) is 0.870. The minimum atomic E-state index is 0.0695. The molecule has 6 nitrogen and oxygen atoms in total. The Hall–Kier alpha value is -2.24. The Labute approximate surface area is 130 Å². The van der Waals surface area contributed by atoms with Crippen molar-refractivity contribution in [1.29, 1.82) is 0 Å². The number of hydrogen-bond donors (Lipinski definition) is 0. The molecule has 1 saturated heterocycles. The first-order valence-corrected chi connectivity index (χ1v) is 7.78. The number of hydrogen-bond acceptors (Lipinski definition) is 4. The van der Waals surface area contributed by atoms with Gasteiger partial charge in [0, 0.05) is 18.2 Å². The van der Waals surface area contributed by atoms with Crippen molar-refractivity contribution in [3.63, 3.8) is 0 Å². The van der Waals surface area contributed by atoms with E-state index in [9.17, 15) is 4.79 Å². The van der Waals surface area contributed by atoms with Crippen LogP contribution >= 0.6 is 0 Å². The lowest BCUT2D eigenvalue weighted by Crippen LogP contribution is -2.43. The fourth-order valence-electron chi connectivity index (χ4n) is 2.81. The Morgan fingerprint density at radius 3 is 2.77 bits per heavy atom. The van der Waals surface area contributed by atoms with Crippen LogP contribution in [0.2, 0.25) is 0 Å². The molecule has 1 amide bonds. The summed E-state index contributed by atoms with van der Waals surface area (Å²) in [6, 6.07) is 8.25. The first-order chi connectivity index (χ1) is 10.6. The summed E-state index contributed by atoms with van der Waals surface area (Å²) in [6.07, 6.45) is 3.35. The molecule has 2 aromatic rings. The third kappa shape index (κ3) is 3.16. The van der Waals surface area contributed by atoms with E-state index in [0.717, 1.165) is 24.9 Å². The molecular formula is C16H21N5O. The van der Waals surface area contributed by atoms with Crippen molar-refractivity contribution in [3.8, 4) is 11.4 Å². The minimum Gasteiger partial charge on any atom is -0.338 e. The Kier molecular flexibility index (Phi) is 4.18. The SMILES string of the molecule is Cc1ccc(-c2nnn(CC(=O)N3CCCCC3C)n2)cc1. The summed E-state index contributed by atoms with van der Waals surface area (Å²) < 4.78 is 0. The molecule has 1 fully saturated rings. The van der Waals surface area contributed by atoms with Crippen LogP contribution in [0.1, 0.15) is 31.7 Å². The Bertz CT molecular complexity index is 649. The fraction of sp³-hybridized carbons (Fsp3) is 0.500. The Morgan fingerprint density at radius 1 is 1.27 bits per heavy atom. The Balaban J connectivity index is 1.68. The van der Waals surface area contributed by atoms with Crippen molar-refractivity contribution < 1.29 is 4.79 Å². The smallest absolute Gasteiger partial charge is 0.246 e. The highest BCUT2D eigenvalue weighted by Gasteiger charge is 2.23. The molecule has 22 heavy (non-hydrogen) atoms. The van der Waals surface area contributed by atoms with Gasteiger partial charge in [0.25, 0.3) is 0 Å². The van der Waals surface area contributed by atoms with Crippen LogP contribution in [0.3, 0.4) is 0 Å². The van der Waals surface area contributed by atoms with Gasteiger partial charge in [-0.3, -0.25) is 4.79 Å². The molecular weight excluding hydrogens is 278 g/mol. The van der Waals surface area contributed by atoms with Crippen LogP contribution in [0.5, 0.6) is 0 Å². The number of benzene rings is 1. The lowest BCUT2D eigenvalue weighted by atomic mass is 10.0. The number of nitrogens with zero attached hydrogens (tertiary/aromatic N) is 5. The van der Waals surface area contributed by atoms with E-state index in [1.54, 1.807) is 0 Å². The molecule has 1 aromatic heterocycles. The molecule has 1 aliphatic rings. The van der Waals surface area contributed by atoms with E-state index in [4.69, 9.17) is 0 Å². The Morgan fingerprint density at radius 2 is 2.05 bits per heavy atom. The highest BCUT2D eigenvalue weighted by Crippen LogP contribution is 2.17. The van der Waals surface area contributed by atoms with Crippen molar-refractivity contribution in [1.82, 2.24) is 25.1 Å². The maximum Gasteiger partial charge on any atom is 0.246 e. The second-order valence-corrected chi connectivity index (χ2v) is 5.94. The van der Waals surface area contributed by atoms with Crippen molar-refractivity contribution >= 4 is 5.91 Å². The van der Waals surface area contributed by atoms with Gasteiger partial charge in [-0.2, -0.15) is 4.80 Å². The van der Waals surface area contributed by atoms with Gasteiger partial charge < -0.3 is 4.90 Å². The molecule has 116 valence electrons. The number of carbonyl (C=O) groups excluding carboxylic acids is 1. The van der Waals surface area contributed by atoms with Crippen LogP contribution in [0.4, 0.5) is 0 Å². The standard InChI is InChI=1S/C16H21N5O/c1-12-6-8-14(9-7-12)16-17-19-21(18-16)11-15(22)20-10-4-3-5-13(20)2/h6-9,13H,3-5,10-11H2,1-2H3. The van der Waals surface area contributed by atoms with Gasteiger partial charge in [0.1, 0.15) is 6.54 Å². The highest BCUT2D eigenvalue weighted by molar-refractivity contribution is 5.76. The average Bonchev–Trinajstić information content (AvgIpc) is 2.97. The lowest BCUT2D eigenvalue weighted by Gasteiger charge is -2.33. The van der Waals surface area contributed by atoms with E-state index < -0.39 is 0 Å². The normalized spacial score (nSPS) is 18.5. The van der Waals surface area contributed by atoms with Crippen molar-refractivity contribution in [3.05, 3.63) is 29.8 Å². The molecule has 0 bridgehead atoms.